The number of carbonyl (C=O) groups is 1. The molecule has 1 heterocycles. The summed E-state index contributed by atoms with van der Waals surface area (Å²) >= 11 is 0. The average molecular weight is 336 g/mol. The van der Waals surface area contributed by atoms with Gasteiger partial charge in [-0.2, -0.15) is 0 Å². The Morgan fingerprint density at radius 3 is 2.20 bits per heavy atom. The molecule has 3 nitrogen and oxygen atoms in total. The molecule has 1 N–H and O–H groups in total. The molecule has 1 aliphatic heterocycles. The van der Waals surface area contributed by atoms with Crippen molar-refractivity contribution in [2.45, 2.75) is 45.1 Å². The number of likely N-dealkylation sites (tertiary alicyclic amines) is 1. The minimum absolute atomic E-state index is 0.0870. The van der Waals surface area contributed by atoms with Crippen molar-refractivity contribution in [3.05, 3.63) is 54.6 Å². The van der Waals surface area contributed by atoms with Gasteiger partial charge in [0.05, 0.1) is 6.04 Å². The minimum atomic E-state index is -0.0954. The van der Waals surface area contributed by atoms with Crippen LogP contribution < -0.4 is 5.32 Å². The first-order chi connectivity index (χ1) is 12.3. The Labute approximate surface area is 151 Å². The van der Waals surface area contributed by atoms with Gasteiger partial charge in [-0.1, -0.05) is 67.8 Å². The van der Waals surface area contributed by atoms with E-state index in [0.717, 1.165) is 29.9 Å². The van der Waals surface area contributed by atoms with Crippen molar-refractivity contribution in [1.29, 1.82) is 0 Å². The summed E-state index contributed by atoms with van der Waals surface area (Å²) in [5, 5.41) is 3.16. The first-order valence-corrected chi connectivity index (χ1v) is 9.45. The highest BCUT2D eigenvalue weighted by Crippen LogP contribution is 2.27. The van der Waals surface area contributed by atoms with E-state index >= 15 is 0 Å². The maximum absolute atomic E-state index is 12.8. The number of hydrogen-bond acceptors (Lipinski definition) is 2. The van der Waals surface area contributed by atoms with E-state index in [2.05, 4.69) is 28.4 Å². The van der Waals surface area contributed by atoms with Crippen molar-refractivity contribution < 1.29 is 4.79 Å². The number of hydrogen-bond donors (Lipinski definition) is 1. The zero-order valence-electron chi connectivity index (χ0n) is 15.1. The largest absolute Gasteiger partial charge is 0.324 e. The second kappa shape index (κ2) is 8.82. The number of para-hydroxylation sites is 1. The molecule has 25 heavy (non-hydrogen) atoms. The van der Waals surface area contributed by atoms with Crippen LogP contribution in [-0.4, -0.2) is 29.9 Å². The normalized spacial score (nSPS) is 17.3. The van der Waals surface area contributed by atoms with Crippen LogP contribution in [0.25, 0.3) is 11.1 Å². The molecule has 0 aromatic heterocycles. The van der Waals surface area contributed by atoms with Gasteiger partial charge in [-0.3, -0.25) is 9.69 Å². The maximum atomic E-state index is 12.8. The van der Waals surface area contributed by atoms with Gasteiger partial charge in [0.1, 0.15) is 0 Å². The van der Waals surface area contributed by atoms with Gasteiger partial charge in [0.25, 0.3) is 0 Å². The standard InChI is InChI=1S/C22H28N2O/c1-18(24-16-10-3-2-4-11-17-24)22(25)23-21-15-9-8-14-20(21)19-12-6-5-7-13-19/h5-9,12-15,18H,2-4,10-11,16-17H2,1H3,(H,23,25)/t18-/m1/s1. The molecular formula is C22H28N2O. The second-order valence-electron chi connectivity index (χ2n) is 6.88. The van der Waals surface area contributed by atoms with Crippen LogP contribution in [0.1, 0.15) is 39.0 Å². The summed E-state index contributed by atoms with van der Waals surface area (Å²) in [5.74, 6) is 0.0870. The number of benzene rings is 2. The van der Waals surface area contributed by atoms with E-state index in [1.165, 1.54) is 32.1 Å². The molecule has 2 aromatic rings. The van der Waals surface area contributed by atoms with Crippen molar-refractivity contribution in [2.24, 2.45) is 0 Å². The van der Waals surface area contributed by atoms with E-state index in [9.17, 15) is 4.79 Å². The lowest BCUT2D eigenvalue weighted by Gasteiger charge is -2.30. The lowest BCUT2D eigenvalue weighted by atomic mass is 10.0. The Hall–Kier alpha value is -2.13. The molecule has 0 aliphatic carbocycles. The predicted octanol–water partition coefficient (Wildman–Crippen LogP) is 4.95. The highest BCUT2D eigenvalue weighted by atomic mass is 16.2. The second-order valence-corrected chi connectivity index (χ2v) is 6.88. The van der Waals surface area contributed by atoms with Crippen LogP contribution >= 0.6 is 0 Å². The van der Waals surface area contributed by atoms with Crippen LogP contribution in [0, 0.1) is 0 Å². The molecule has 0 unspecified atom stereocenters. The van der Waals surface area contributed by atoms with Crippen molar-refractivity contribution in [3.8, 4) is 11.1 Å². The van der Waals surface area contributed by atoms with E-state index < -0.39 is 0 Å². The molecule has 0 bridgehead atoms. The molecule has 1 aliphatic rings. The highest BCUT2D eigenvalue weighted by Gasteiger charge is 2.22. The molecule has 0 spiro atoms. The van der Waals surface area contributed by atoms with Crippen molar-refractivity contribution >= 4 is 11.6 Å². The summed E-state index contributed by atoms with van der Waals surface area (Å²) in [4.78, 5) is 15.2. The van der Waals surface area contributed by atoms with Crippen LogP contribution in [0.5, 0.6) is 0 Å². The minimum Gasteiger partial charge on any atom is -0.324 e. The summed E-state index contributed by atoms with van der Waals surface area (Å²) in [5.41, 5.74) is 3.08. The van der Waals surface area contributed by atoms with Crippen LogP contribution in [0.15, 0.2) is 54.6 Å². The fourth-order valence-electron chi connectivity index (χ4n) is 3.52. The highest BCUT2D eigenvalue weighted by molar-refractivity contribution is 5.98. The van der Waals surface area contributed by atoms with Gasteiger partial charge in [0.15, 0.2) is 0 Å². The molecule has 1 atom stereocenters. The lowest BCUT2D eigenvalue weighted by Crippen LogP contribution is -2.43. The fraction of sp³-hybridized carbons (Fsp3) is 0.409. The summed E-state index contributed by atoms with van der Waals surface area (Å²) in [6, 6.07) is 18.2. The Morgan fingerprint density at radius 2 is 1.48 bits per heavy atom. The Morgan fingerprint density at radius 1 is 0.880 bits per heavy atom. The Bertz CT molecular complexity index is 675. The molecule has 132 valence electrons. The quantitative estimate of drug-likeness (QED) is 0.857. The van der Waals surface area contributed by atoms with Crippen molar-refractivity contribution in [1.82, 2.24) is 4.90 Å². The maximum Gasteiger partial charge on any atom is 0.241 e. The van der Waals surface area contributed by atoms with Crippen molar-refractivity contribution in [3.63, 3.8) is 0 Å². The molecule has 0 radical (unpaired) electrons. The zero-order chi connectivity index (χ0) is 17.5. The van der Waals surface area contributed by atoms with Crippen LogP contribution in [0.4, 0.5) is 5.69 Å². The van der Waals surface area contributed by atoms with Crippen LogP contribution in [0.3, 0.4) is 0 Å². The van der Waals surface area contributed by atoms with Gasteiger partial charge in [0, 0.05) is 11.3 Å². The summed E-state index contributed by atoms with van der Waals surface area (Å²) in [6.45, 7) is 4.08. The number of rotatable bonds is 4. The van der Waals surface area contributed by atoms with E-state index in [-0.39, 0.29) is 11.9 Å². The Balaban J connectivity index is 1.72. The van der Waals surface area contributed by atoms with E-state index in [4.69, 9.17) is 0 Å². The van der Waals surface area contributed by atoms with Gasteiger partial charge in [0.2, 0.25) is 5.91 Å². The van der Waals surface area contributed by atoms with Gasteiger partial charge in [-0.05, 0) is 44.5 Å². The number of carbonyl (C=O) groups excluding carboxylic acids is 1. The molecule has 3 rings (SSSR count). The van der Waals surface area contributed by atoms with E-state index in [1.54, 1.807) is 0 Å². The first-order valence-electron chi connectivity index (χ1n) is 9.45. The summed E-state index contributed by atoms with van der Waals surface area (Å²) < 4.78 is 0. The lowest BCUT2D eigenvalue weighted by molar-refractivity contribution is -0.120. The average Bonchev–Trinajstić information content (AvgIpc) is 2.62. The predicted molar refractivity (Wildman–Crippen MR) is 105 cm³/mol. The molecular weight excluding hydrogens is 308 g/mol. The third kappa shape index (κ3) is 4.70. The topological polar surface area (TPSA) is 32.3 Å². The van der Waals surface area contributed by atoms with Gasteiger partial charge < -0.3 is 5.32 Å². The monoisotopic (exact) mass is 336 g/mol. The molecule has 2 aromatic carbocycles. The first kappa shape index (κ1) is 17.7. The molecule has 3 heteroatoms. The summed E-state index contributed by atoms with van der Waals surface area (Å²) in [7, 11) is 0. The van der Waals surface area contributed by atoms with Gasteiger partial charge in [-0.15, -0.1) is 0 Å². The smallest absolute Gasteiger partial charge is 0.241 e. The van der Waals surface area contributed by atoms with E-state index in [1.807, 2.05) is 43.3 Å². The number of anilines is 1. The number of nitrogens with zero attached hydrogens (tertiary/aromatic N) is 1. The molecule has 1 fully saturated rings. The third-order valence-corrected chi connectivity index (χ3v) is 5.09. The van der Waals surface area contributed by atoms with Crippen molar-refractivity contribution in [2.75, 3.05) is 18.4 Å². The SMILES string of the molecule is C[C@H](C(=O)Nc1ccccc1-c1ccccc1)N1CCCCCCC1. The fourth-order valence-corrected chi connectivity index (χ4v) is 3.52. The number of amides is 1. The summed E-state index contributed by atoms with van der Waals surface area (Å²) in [6.07, 6.45) is 6.28. The van der Waals surface area contributed by atoms with Gasteiger partial charge in [-0.25, -0.2) is 0 Å². The number of nitrogens with one attached hydrogen (secondary N) is 1. The Kier molecular flexibility index (Phi) is 6.24. The third-order valence-electron chi connectivity index (χ3n) is 5.09. The molecule has 0 saturated carbocycles. The zero-order valence-corrected chi connectivity index (χ0v) is 15.1. The van der Waals surface area contributed by atoms with Gasteiger partial charge >= 0.3 is 0 Å². The molecule has 1 saturated heterocycles. The van der Waals surface area contributed by atoms with Crippen LogP contribution in [0.2, 0.25) is 0 Å². The van der Waals surface area contributed by atoms with Crippen LogP contribution in [-0.2, 0) is 4.79 Å². The molecule has 1 amide bonds. The van der Waals surface area contributed by atoms with E-state index in [0.29, 0.717) is 0 Å².